The highest BCUT2D eigenvalue weighted by atomic mass is 79.9. The molecule has 3 N–H and O–H groups in total. The molecule has 3 heteroatoms. The molecule has 1 unspecified atom stereocenters. The topological polar surface area (TPSA) is 38.0 Å². The lowest BCUT2D eigenvalue weighted by Gasteiger charge is -2.18. The van der Waals surface area contributed by atoms with Gasteiger partial charge in [-0.1, -0.05) is 46.5 Å². The second-order valence-electron chi connectivity index (χ2n) is 4.76. The highest BCUT2D eigenvalue weighted by Gasteiger charge is 2.23. The fourth-order valence-electron chi connectivity index (χ4n) is 2.07. The third-order valence-corrected chi connectivity index (χ3v) is 4.01. The van der Waals surface area contributed by atoms with Crippen LogP contribution in [0.3, 0.4) is 0 Å². The van der Waals surface area contributed by atoms with E-state index in [0.717, 1.165) is 16.8 Å². The van der Waals surface area contributed by atoms with Crippen LogP contribution >= 0.6 is 15.9 Å². The maximum atomic E-state index is 5.66. The van der Waals surface area contributed by atoms with Crippen LogP contribution in [0.5, 0.6) is 0 Å². The average Bonchev–Trinajstić information content (AvgIpc) is 3.07. The third-order valence-electron chi connectivity index (χ3n) is 3.29. The quantitative estimate of drug-likeness (QED) is 0.641. The lowest BCUT2D eigenvalue weighted by atomic mass is 9.99. The Morgan fingerprint density at radius 2 is 2.25 bits per heavy atom. The molecule has 1 aromatic carbocycles. The molecule has 1 aliphatic carbocycles. The van der Waals surface area contributed by atoms with Gasteiger partial charge in [-0.05, 0) is 37.3 Å². The summed E-state index contributed by atoms with van der Waals surface area (Å²) in [4.78, 5) is 0. The molecule has 1 atom stereocenters. The highest BCUT2D eigenvalue weighted by Crippen LogP contribution is 2.36. The molecule has 1 fully saturated rings. The number of hydrazine groups is 1. The van der Waals surface area contributed by atoms with E-state index in [2.05, 4.69) is 46.5 Å². The summed E-state index contributed by atoms with van der Waals surface area (Å²) in [6, 6.07) is 6.70. The fourth-order valence-corrected chi connectivity index (χ4v) is 2.59. The zero-order valence-corrected chi connectivity index (χ0v) is 11.3. The molecule has 16 heavy (non-hydrogen) atoms. The first-order valence-corrected chi connectivity index (χ1v) is 6.72. The van der Waals surface area contributed by atoms with Gasteiger partial charge >= 0.3 is 0 Å². The minimum Gasteiger partial charge on any atom is -0.271 e. The number of rotatable bonds is 5. The number of nitrogens with two attached hydrogens (primary N) is 1. The largest absolute Gasteiger partial charge is 0.271 e. The lowest BCUT2D eigenvalue weighted by Crippen LogP contribution is -2.28. The van der Waals surface area contributed by atoms with Crippen LogP contribution in [0.2, 0.25) is 0 Å². The van der Waals surface area contributed by atoms with Gasteiger partial charge in [0.2, 0.25) is 0 Å². The maximum Gasteiger partial charge on any atom is 0.0471 e. The Morgan fingerprint density at radius 1 is 1.50 bits per heavy atom. The third kappa shape index (κ3) is 3.06. The Balaban J connectivity index is 2.07. The Bertz CT molecular complexity index is 361. The number of halogens is 1. The predicted molar refractivity (Wildman–Crippen MR) is 70.9 cm³/mol. The Morgan fingerprint density at radius 3 is 2.88 bits per heavy atom. The van der Waals surface area contributed by atoms with Crippen molar-refractivity contribution >= 4 is 15.9 Å². The zero-order valence-electron chi connectivity index (χ0n) is 9.67. The standard InChI is InChI=1S/C13H19BrN2/c1-9-2-6-12(14)11(8-9)13(16-15)7-5-10-3-4-10/h2,6,8,10,13,16H,3-5,7,15H2,1H3. The SMILES string of the molecule is Cc1ccc(Br)c(C(CCC2CC2)NN)c1. The average molecular weight is 283 g/mol. The summed E-state index contributed by atoms with van der Waals surface area (Å²) in [6.45, 7) is 2.12. The summed E-state index contributed by atoms with van der Waals surface area (Å²) in [5.41, 5.74) is 5.50. The zero-order chi connectivity index (χ0) is 11.5. The van der Waals surface area contributed by atoms with E-state index in [1.54, 1.807) is 0 Å². The summed E-state index contributed by atoms with van der Waals surface area (Å²) in [5.74, 6) is 6.62. The van der Waals surface area contributed by atoms with Gasteiger partial charge in [0, 0.05) is 10.5 Å². The van der Waals surface area contributed by atoms with Gasteiger partial charge in [0.15, 0.2) is 0 Å². The first-order valence-electron chi connectivity index (χ1n) is 5.93. The van der Waals surface area contributed by atoms with Crippen LogP contribution < -0.4 is 11.3 Å². The maximum absolute atomic E-state index is 5.66. The molecular formula is C13H19BrN2. The molecule has 1 aliphatic rings. The molecule has 0 radical (unpaired) electrons. The number of hydrogen-bond acceptors (Lipinski definition) is 2. The number of aryl methyl sites for hydroxylation is 1. The number of nitrogens with one attached hydrogen (secondary N) is 1. The van der Waals surface area contributed by atoms with E-state index in [9.17, 15) is 0 Å². The second-order valence-corrected chi connectivity index (χ2v) is 5.62. The normalized spacial score (nSPS) is 17.4. The minimum absolute atomic E-state index is 0.273. The van der Waals surface area contributed by atoms with E-state index in [1.807, 2.05) is 0 Å². The molecule has 0 aromatic heterocycles. The van der Waals surface area contributed by atoms with Crippen molar-refractivity contribution in [2.75, 3.05) is 0 Å². The van der Waals surface area contributed by atoms with Gasteiger partial charge in [-0.2, -0.15) is 0 Å². The van der Waals surface area contributed by atoms with Crippen LogP contribution in [-0.2, 0) is 0 Å². The van der Waals surface area contributed by atoms with Crippen molar-refractivity contribution in [1.29, 1.82) is 0 Å². The van der Waals surface area contributed by atoms with Crippen LogP contribution in [0, 0.1) is 12.8 Å². The molecule has 1 saturated carbocycles. The van der Waals surface area contributed by atoms with E-state index in [0.29, 0.717) is 0 Å². The minimum atomic E-state index is 0.273. The number of benzene rings is 1. The molecule has 2 nitrogen and oxygen atoms in total. The van der Waals surface area contributed by atoms with E-state index < -0.39 is 0 Å². The van der Waals surface area contributed by atoms with E-state index in [1.165, 1.54) is 30.4 Å². The molecule has 0 bridgehead atoms. The summed E-state index contributed by atoms with van der Waals surface area (Å²) < 4.78 is 1.15. The highest BCUT2D eigenvalue weighted by molar-refractivity contribution is 9.10. The van der Waals surface area contributed by atoms with Crippen molar-refractivity contribution in [3.63, 3.8) is 0 Å². The van der Waals surface area contributed by atoms with E-state index in [-0.39, 0.29) is 6.04 Å². The molecule has 0 spiro atoms. The number of hydrogen-bond donors (Lipinski definition) is 2. The Kier molecular flexibility index (Phi) is 4.00. The summed E-state index contributed by atoms with van der Waals surface area (Å²) >= 11 is 3.60. The van der Waals surface area contributed by atoms with Crippen LogP contribution in [0.4, 0.5) is 0 Å². The summed E-state index contributed by atoms with van der Waals surface area (Å²) in [5, 5.41) is 0. The summed E-state index contributed by atoms with van der Waals surface area (Å²) in [6.07, 6.45) is 5.23. The van der Waals surface area contributed by atoms with Crippen LogP contribution in [-0.4, -0.2) is 0 Å². The van der Waals surface area contributed by atoms with E-state index in [4.69, 9.17) is 5.84 Å². The van der Waals surface area contributed by atoms with Crippen molar-refractivity contribution in [2.45, 2.75) is 38.6 Å². The molecule has 0 saturated heterocycles. The van der Waals surface area contributed by atoms with E-state index >= 15 is 0 Å². The van der Waals surface area contributed by atoms with Gasteiger partial charge in [0.05, 0.1) is 0 Å². The second kappa shape index (κ2) is 5.30. The molecular weight excluding hydrogens is 264 g/mol. The molecule has 88 valence electrons. The van der Waals surface area contributed by atoms with Crippen molar-refractivity contribution < 1.29 is 0 Å². The Labute approximate surface area is 106 Å². The van der Waals surface area contributed by atoms with Crippen LogP contribution in [0.1, 0.15) is 42.9 Å². The van der Waals surface area contributed by atoms with Crippen molar-refractivity contribution in [2.24, 2.45) is 11.8 Å². The molecule has 2 rings (SSSR count). The van der Waals surface area contributed by atoms with Crippen LogP contribution in [0.25, 0.3) is 0 Å². The van der Waals surface area contributed by atoms with Gasteiger partial charge in [-0.15, -0.1) is 0 Å². The Hall–Kier alpha value is -0.380. The van der Waals surface area contributed by atoms with Gasteiger partial charge < -0.3 is 0 Å². The predicted octanol–water partition coefficient (Wildman–Crippen LogP) is 3.45. The fraction of sp³-hybridized carbons (Fsp3) is 0.538. The van der Waals surface area contributed by atoms with Gasteiger partial charge in [-0.25, -0.2) is 0 Å². The summed E-state index contributed by atoms with van der Waals surface area (Å²) in [7, 11) is 0. The lowest BCUT2D eigenvalue weighted by molar-refractivity contribution is 0.480. The van der Waals surface area contributed by atoms with Gasteiger partial charge in [0.25, 0.3) is 0 Å². The smallest absolute Gasteiger partial charge is 0.0471 e. The van der Waals surface area contributed by atoms with Gasteiger partial charge in [-0.3, -0.25) is 11.3 Å². The van der Waals surface area contributed by atoms with Gasteiger partial charge in [0.1, 0.15) is 0 Å². The van der Waals surface area contributed by atoms with Crippen LogP contribution in [0.15, 0.2) is 22.7 Å². The van der Waals surface area contributed by atoms with Crippen molar-refractivity contribution in [1.82, 2.24) is 5.43 Å². The van der Waals surface area contributed by atoms with Crippen molar-refractivity contribution in [3.05, 3.63) is 33.8 Å². The molecule has 0 heterocycles. The molecule has 1 aromatic rings. The molecule has 0 amide bonds. The van der Waals surface area contributed by atoms with Crippen molar-refractivity contribution in [3.8, 4) is 0 Å². The first-order chi connectivity index (χ1) is 7.70. The monoisotopic (exact) mass is 282 g/mol. The first kappa shape index (κ1) is 12.1. The molecule has 0 aliphatic heterocycles.